The van der Waals surface area contributed by atoms with Crippen molar-refractivity contribution in [3.63, 3.8) is 0 Å². The van der Waals surface area contributed by atoms with Crippen LogP contribution in [0.1, 0.15) is 13.8 Å². The summed E-state index contributed by atoms with van der Waals surface area (Å²) in [5.41, 5.74) is 3.39. The van der Waals surface area contributed by atoms with E-state index in [0.29, 0.717) is 6.92 Å². The smallest absolute Gasteiger partial charge is 0.274 e. The van der Waals surface area contributed by atoms with Crippen molar-refractivity contribution >= 4 is 11.8 Å². The first-order chi connectivity index (χ1) is 5.75. The Morgan fingerprint density at radius 1 is 1.23 bits per heavy atom. The molecule has 0 aliphatic carbocycles. The average Bonchev–Trinajstić information content (AvgIpc) is 1.96. The van der Waals surface area contributed by atoms with Gasteiger partial charge in [-0.2, -0.15) is 13.2 Å². The van der Waals surface area contributed by atoms with Crippen LogP contribution >= 0.6 is 0 Å². The van der Waals surface area contributed by atoms with Gasteiger partial charge in [-0.3, -0.25) is 20.4 Å². The molecule has 0 fully saturated rings. The van der Waals surface area contributed by atoms with E-state index in [1.165, 1.54) is 0 Å². The maximum absolute atomic E-state index is 11.9. The van der Waals surface area contributed by atoms with Gasteiger partial charge >= 0.3 is 6.18 Å². The van der Waals surface area contributed by atoms with Gasteiger partial charge in [0.15, 0.2) is 0 Å². The van der Waals surface area contributed by atoms with Crippen LogP contribution in [-0.4, -0.2) is 18.0 Å². The molecule has 0 bridgehead atoms. The molecule has 7 heteroatoms. The molecule has 0 saturated heterocycles. The van der Waals surface area contributed by atoms with E-state index < -0.39 is 23.9 Å². The van der Waals surface area contributed by atoms with Crippen LogP contribution in [0.5, 0.6) is 0 Å². The van der Waals surface area contributed by atoms with E-state index in [-0.39, 0.29) is 0 Å². The Balaban J connectivity index is 4.05. The van der Waals surface area contributed by atoms with Gasteiger partial charge in [0, 0.05) is 6.92 Å². The second-order valence-corrected chi connectivity index (χ2v) is 2.43. The zero-order valence-corrected chi connectivity index (χ0v) is 7.03. The van der Waals surface area contributed by atoms with Crippen molar-refractivity contribution in [1.29, 1.82) is 0 Å². The zero-order valence-electron chi connectivity index (χ0n) is 7.03. The molecule has 0 radical (unpaired) electrons. The van der Waals surface area contributed by atoms with Gasteiger partial charge in [0.05, 0.1) is 0 Å². The second kappa shape index (κ2) is 4.11. The topological polar surface area (TPSA) is 58.2 Å². The predicted molar refractivity (Wildman–Crippen MR) is 37.2 cm³/mol. The van der Waals surface area contributed by atoms with E-state index in [2.05, 4.69) is 0 Å². The number of hydrogen-bond acceptors (Lipinski definition) is 2. The number of carbonyl (C=O) groups is 2. The summed E-state index contributed by atoms with van der Waals surface area (Å²) in [5, 5.41) is 0. The summed E-state index contributed by atoms with van der Waals surface area (Å²) in [6.45, 7) is 1.77. The number of hydrogen-bond donors (Lipinski definition) is 2. The van der Waals surface area contributed by atoms with E-state index in [1.807, 2.05) is 0 Å². The Morgan fingerprint density at radius 2 is 1.69 bits per heavy atom. The summed E-state index contributed by atoms with van der Waals surface area (Å²) in [5.74, 6) is -4.07. The third kappa shape index (κ3) is 4.34. The lowest BCUT2D eigenvalue weighted by atomic mass is 10.1. The molecule has 76 valence electrons. The summed E-state index contributed by atoms with van der Waals surface area (Å²) in [6.07, 6.45) is -4.59. The van der Waals surface area contributed by atoms with E-state index in [1.54, 1.807) is 10.9 Å². The molecule has 0 aliphatic rings. The quantitative estimate of drug-likeness (QED) is 0.597. The number of halogens is 3. The van der Waals surface area contributed by atoms with Crippen LogP contribution in [0.15, 0.2) is 0 Å². The largest absolute Gasteiger partial charge is 0.400 e. The van der Waals surface area contributed by atoms with Crippen molar-refractivity contribution in [2.45, 2.75) is 20.0 Å². The second-order valence-electron chi connectivity index (χ2n) is 2.43. The van der Waals surface area contributed by atoms with Crippen molar-refractivity contribution in [3.05, 3.63) is 0 Å². The first-order valence-corrected chi connectivity index (χ1v) is 3.38. The molecule has 0 heterocycles. The monoisotopic (exact) mass is 198 g/mol. The number of hydrazine groups is 1. The van der Waals surface area contributed by atoms with E-state index in [9.17, 15) is 22.8 Å². The van der Waals surface area contributed by atoms with Crippen LogP contribution in [0, 0.1) is 5.92 Å². The summed E-state index contributed by atoms with van der Waals surface area (Å²) in [6, 6.07) is 0. The summed E-state index contributed by atoms with van der Waals surface area (Å²) >= 11 is 0. The fourth-order valence-electron chi connectivity index (χ4n) is 0.407. The van der Waals surface area contributed by atoms with Crippen molar-refractivity contribution in [2.75, 3.05) is 0 Å². The van der Waals surface area contributed by atoms with Crippen molar-refractivity contribution < 1.29 is 22.8 Å². The highest BCUT2D eigenvalue weighted by molar-refractivity contribution is 5.82. The van der Waals surface area contributed by atoms with Gasteiger partial charge in [0.25, 0.3) is 0 Å². The molecule has 0 aromatic heterocycles. The molecule has 4 nitrogen and oxygen atoms in total. The molecular weight excluding hydrogens is 189 g/mol. The Labute approximate surface area is 72.5 Å². The lowest BCUT2D eigenvalue weighted by molar-refractivity contribution is -0.179. The number of amides is 2. The normalized spacial score (nSPS) is 13.3. The van der Waals surface area contributed by atoms with Gasteiger partial charge in [-0.1, -0.05) is 0 Å². The Morgan fingerprint density at radius 3 is 2.00 bits per heavy atom. The molecule has 2 amide bonds. The van der Waals surface area contributed by atoms with Gasteiger partial charge in [0.1, 0.15) is 5.92 Å². The van der Waals surface area contributed by atoms with E-state index >= 15 is 0 Å². The highest BCUT2D eigenvalue weighted by Crippen LogP contribution is 2.25. The highest BCUT2D eigenvalue weighted by atomic mass is 19.4. The van der Waals surface area contributed by atoms with Gasteiger partial charge in [-0.15, -0.1) is 0 Å². The van der Waals surface area contributed by atoms with E-state index in [4.69, 9.17) is 0 Å². The minimum absolute atomic E-state index is 0.636. The summed E-state index contributed by atoms with van der Waals surface area (Å²) < 4.78 is 35.6. The fourth-order valence-corrected chi connectivity index (χ4v) is 0.407. The van der Waals surface area contributed by atoms with Gasteiger partial charge < -0.3 is 0 Å². The van der Waals surface area contributed by atoms with Crippen LogP contribution in [-0.2, 0) is 9.59 Å². The Hall–Kier alpha value is -1.27. The number of alkyl halides is 3. The molecule has 0 aromatic carbocycles. The molecule has 0 aliphatic heterocycles. The molecule has 13 heavy (non-hydrogen) atoms. The molecule has 0 aromatic rings. The van der Waals surface area contributed by atoms with Gasteiger partial charge in [-0.05, 0) is 6.92 Å². The number of rotatable bonds is 1. The standard InChI is InChI=1S/C6H9F3N2O2/c1-3(6(7,8)9)5(13)11-10-4(2)12/h3H,1-2H3,(H,10,12)(H,11,13). The summed E-state index contributed by atoms with van der Waals surface area (Å²) in [4.78, 5) is 20.9. The fraction of sp³-hybridized carbons (Fsp3) is 0.667. The Bertz CT molecular complexity index is 214. The molecule has 1 atom stereocenters. The van der Waals surface area contributed by atoms with Crippen molar-refractivity contribution in [2.24, 2.45) is 5.92 Å². The van der Waals surface area contributed by atoms with Crippen LogP contribution in [0.3, 0.4) is 0 Å². The van der Waals surface area contributed by atoms with E-state index in [0.717, 1.165) is 6.92 Å². The minimum Gasteiger partial charge on any atom is -0.274 e. The lowest BCUT2D eigenvalue weighted by Gasteiger charge is -2.14. The first kappa shape index (κ1) is 11.7. The average molecular weight is 198 g/mol. The predicted octanol–water partition coefficient (Wildman–Crippen LogP) is 0.352. The maximum atomic E-state index is 11.9. The zero-order chi connectivity index (χ0) is 10.6. The first-order valence-electron chi connectivity index (χ1n) is 3.38. The molecule has 0 saturated carbocycles. The molecule has 0 spiro atoms. The van der Waals surface area contributed by atoms with Gasteiger partial charge in [0.2, 0.25) is 11.8 Å². The molecular formula is C6H9F3N2O2. The summed E-state index contributed by atoms with van der Waals surface area (Å²) in [7, 11) is 0. The van der Waals surface area contributed by atoms with Crippen LogP contribution < -0.4 is 10.9 Å². The number of nitrogens with one attached hydrogen (secondary N) is 2. The number of carbonyl (C=O) groups excluding carboxylic acids is 2. The van der Waals surface area contributed by atoms with Crippen LogP contribution in [0.2, 0.25) is 0 Å². The highest BCUT2D eigenvalue weighted by Gasteiger charge is 2.41. The molecule has 2 N–H and O–H groups in total. The van der Waals surface area contributed by atoms with Crippen LogP contribution in [0.4, 0.5) is 13.2 Å². The maximum Gasteiger partial charge on any atom is 0.400 e. The molecule has 0 rings (SSSR count). The van der Waals surface area contributed by atoms with Crippen LogP contribution in [0.25, 0.3) is 0 Å². The SMILES string of the molecule is CC(=O)NNC(=O)C(C)C(F)(F)F. The third-order valence-corrected chi connectivity index (χ3v) is 1.25. The van der Waals surface area contributed by atoms with Gasteiger partial charge in [-0.25, -0.2) is 0 Å². The Kier molecular flexibility index (Phi) is 3.70. The lowest BCUT2D eigenvalue weighted by Crippen LogP contribution is -2.46. The minimum atomic E-state index is -4.59. The third-order valence-electron chi connectivity index (χ3n) is 1.25. The van der Waals surface area contributed by atoms with Crippen molar-refractivity contribution in [3.8, 4) is 0 Å². The van der Waals surface area contributed by atoms with Crippen molar-refractivity contribution in [1.82, 2.24) is 10.9 Å². The molecule has 1 unspecified atom stereocenters.